The lowest BCUT2D eigenvalue weighted by molar-refractivity contribution is 0.0630. The maximum absolute atomic E-state index is 13.2. The van der Waals surface area contributed by atoms with Gasteiger partial charge in [0.15, 0.2) is 11.5 Å². The highest BCUT2D eigenvalue weighted by Crippen LogP contribution is 2.34. The molecule has 1 amide bonds. The summed E-state index contributed by atoms with van der Waals surface area (Å²) in [5.74, 6) is 0.920. The largest absolute Gasteiger partial charge is 0.493 e. The minimum Gasteiger partial charge on any atom is -0.493 e. The molecule has 2 aromatic carbocycles. The number of para-hydroxylation sites is 1. The Hall–Kier alpha value is -2.24. The molecule has 1 N–H and O–H groups in total. The van der Waals surface area contributed by atoms with Gasteiger partial charge in [0.2, 0.25) is 0 Å². The van der Waals surface area contributed by atoms with E-state index in [1.54, 1.807) is 32.4 Å². The number of halogens is 1. The number of ether oxygens (including phenoxy) is 2. The van der Waals surface area contributed by atoms with Crippen molar-refractivity contribution in [3.8, 4) is 11.5 Å². The van der Waals surface area contributed by atoms with Crippen LogP contribution in [-0.4, -0.2) is 44.7 Å². The SMILES string of the molecule is COc1cccc(C(=O)N2CCNCC2c2cccc(Cl)c2)c1OC. The first-order valence-corrected chi connectivity index (χ1v) is 8.51. The molecule has 0 aromatic heterocycles. The van der Waals surface area contributed by atoms with E-state index < -0.39 is 0 Å². The van der Waals surface area contributed by atoms with Gasteiger partial charge in [0.1, 0.15) is 0 Å². The summed E-state index contributed by atoms with van der Waals surface area (Å²) in [6.07, 6.45) is 0. The van der Waals surface area contributed by atoms with Crippen molar-refractivity contribution < 1.29 is 14.3 Å². The van der Waals surface area contributed by atoms with E-state index in [1.165, 1.54) is 0 Å². The second-order valence-corrected chi connectivity index (χ2v) is 6.25. The van der Waals surface area contributed by atoms with Crippen LogP contribution in [0, 0.1) is 0 Å². The Morgan fingerprint density at radius 1 is 1.20 bits per heavy atom. The van der Waals surface area contributed by atoms with E-state index in [1.807, 2.05) is 29.2 Å². The maximum atomic E-state index is 13.2. The van der Waals surface area contributed by atoms with Crippen LogP contribution in [0.15, 0.2) is 42.5 Å². The van der Waals surface area contributed by atoms with Gasteiger partial charge >= 0.3 is 0 Å². The number of benzene rings is 2. The molecule has 3 rings (SSSR count). The molecule has 5 nitrogen and oxygen atoms in total. The van der Waals surface area contributed by atoms with Crippen molar-refractivity contribution in [3.63, 3.8) is 0 Å². The van der Waals surface area contributed by atoms with Gasteiger partial charge in [0.05, 0.1) is 25.8 Å². The molecular formula is C19H21ClN2O3. The summed E-state index contributed by atoms with van der Waals surface area (Å²) in [6, 6.07) is 12.9. The van der Waals surface area contributed by atoms with E-state index in [9.17, 15) is 4.79 Å². The molecule has 2 aromatic rings. The standard InChI is InChI=1S/C19H21ClN2O3/c1-24-17-8-4-7-15(18(17)25-2)19(23)22-10-9-21-12-16(22)13-5-3-6-14(20)11-13/h3-8,11,16,21H,9-10,12H2,1-2H3. The lowest BCUT2D eigenvalue weighted by Gasteiger charge is -2.37. The first-order valence-electron chi connectivity index (χ1n) is 8.14. The van der Waals surface area contributed by atoms with Crippen molar-refractivity contribution in [1.29, 1.82) is 0 Å². The number of methoxy groups -OCH3 is 2. The van der Waals surface area contributed by atoms with Gasteiger partial charge in [0, 0.05) is 24.7 Å². The molecule has 0 radical (unpaired) electrons. The molecule has 132 valence electrons. The van der Waals surface area contributed by atoms with Gasteiger partial charge in [-0.05, 0) is 29.8 Å². The van der Waals surface area contributed by atoms with E-state index in [4.69, 9.17) is 21.1 Å². The molecule has 1 unspecified atom stereocenters. The van der Waals surface area contributed by atoms with Crippen LogP contribution in [0.2, 0.25) is 5.02 Å². The van der Waals surface area contributed by atoms with Crippen LogP contribution in [0.1, 0.15) is 22.0 Å². The van der Waals surface area contributed by atoms with Crippen LogP contribution in [0.25, 0.3) is 0 Å². The molecule has 25 heavy (non-hydrogen) atoms. The van der Waals surface area contributed by atoms with E-state index >= 15 is 0 Å². The van der Waals surface area contributed by atoms with Crippen molar-refractivity contribution in [2.45, 2.75) is 6.04 Å². The van der Waals surface area contributed by atoms with Crippen molar-refractivity contribution in [2.24, 2.45) is 0 Å². The average molecular weight is 361 g/mol. The van der Waals surface area contributed by atoms with Crippen LogP contribution in [-0.2, 0) is 0 Å². The fourth-order valence-corrected chi connectivity index (χ4v) is 3.37. The summed E-state index contributed by atoms with van der Waals surface area (Å²) in [5.41, 5.74) is 1.51. The fraction of sp³-hybridized carbons (Fsp3) is 0.316. The number of amides is 1. The summed E-state index contributed by atoms with van der Waals surface area (Å²) in [6.45, 7) is 2.03. The third-order valence-corrected chi connectivity index (χ3v) is 4.61. The number of carbonyl (C=O) groups is 1. The van der Waals surface area contributed by atoms with Crippen LogP contribution in [0.3, 0.4) is 0 Å². The van der Waals surface area contributed by atoms with Crippen LogP contribution < -0.4 is 14.8 Å². The number of rotatable bonds is 4. The van der Waals surface area contributed by atoms with Gasteiger partial charge in [-0.15, -0.1) is 0 Å². The molecule has 1 aliphatic rings. The van der Waals surface area contributed by atoms with Gasteiger partial charge in [-0.2, -0.15) is 0 Å². The Balaban J connectivity index is 1.97. The lowest BCUT2D eigenvalue weighted by Crippen LogP contribution is -2.48. The number of hydrogen-bond acceptors (Lipinski definition) is 4. The van der Waals surface area contributed by atoms with Crippen LogP contribution in [0.4, 0.5) is 0 Å². The second kappa shape index (κ2) is 7.76. The minimum atomic E-state index is -0.0872. The molecule has 1 fully saturated rings. The van der Waals surface area contributed by atoms with Gasteiger partial charge in [-0.25, -0.2) is 0 Å². The number of nitrogens with one attached hydrogen (secondary N) is 1. The number of carbonyl (C=O) groups excluding carboxylic acids is 1. The topological polar surface area (TPSA) is 50.8 Å². The lowest BCUT2D eigenvalue weighted by atomic mass is 10.0. The zero-order valence-electron chi connectivity index (χ0n) is 14.3. The molecule has 0 spiro atoms. The Morgan fingerprint density at radius 2 is 2.00 bits per heavy atom. The van der Waals surface area contributed by atoms with Crippen LogP contribution >= 0.6 is 11.6 Å². The molecule has 0 bridgehead atoms. The molecule has 6 heteroatoms. The molecule has 1 heterocycles. The van der Waals surface area contributed by atoms with E-state index in [0.29, 0.717) is 35.2 Å². The third kappa shape index (κ3) is 3.57. The van der Waals surface area contributed by atoms with E-state index in [2.05, 4.69) is 5.32 Å². The highest BCUT2D eigenvalue weighted by Gasteiger charge is 2.30. The zero-order valence-corrected chi connectivity index (χ0v) is 15.0. The number of nitrogens with zero attached hydrogens (tertiary/aromatic N) is 1. The van der Waals surface area contributed by atoms with Gasteiger partial charge in [0.25, 0.3) is 5.91 Å². The second-order valence-electron chi connectivity index (χ2n) is 5.81. The minimum absolute atomic E-state index is 0.0813. The van der Waals surface area contributed by atoms with Crippen molar-refractivity contribution in [3.05, 3.63) is 58.6 Å². The molecule has 0 aliphatic carbocycles. The molecule has 0 saturated carbocycles. The monoisotopic (exact) mass is 360 g/mol. The van der Waals surface area contributed by atoms with Crippen molar-refractivity contribution in [2.75, 3.05) is 33.9 Å². The third-order valence-electron chi connectivity index (χ3n) is 4.37. The Kier molecular flexibility index (Phi) is 5.46. The highest BCUT2D eigenvalue weighted by molar-refractivity contribution is 6.30. The normalized spacial score (nSPS) is 17.2. The van der Waals surface area contributed by atoms with E-state index in [0.717, 1.165) is 12.1 Å². The first-order chi connectivity index (χ1) is 12.2. The quantitative estimate of drug-likeness (QED) is 0.910. The molecular weight excluding hydrogens is 340 g/mol. The summed E-state index contributed by atoms with van der Waals surface area (Å²) < 4.78 is 10.7. The van der Waals surface area contributed by atoms with Crippen LogP contribution in [0.5, 0.6) is 11.5 Å². The molecule has 1 aliphatic heterocycles. The van der Waals surface area contributed by atoms with Gasteiger partial charge in [-0.3, -0.25) is 4.79 Å². The Bertz CT molecular complexity index is 766. The summed E-state index contributed by atoms with van der Waals surface area (Å²) in [5, 5.41) is 4.01. The number of piperazine rings is 1. The Morgan fingerprint density at radius 3 is 2.72 bits per heavy atom. The zero-order chi connectivity index (χ0) is 17.8. The average Bonchev–Trinajstić information content (AvgIpc) is 2.66. The summed E-state index contributed by atoms with van der Waals surface area (Å²) in [7, 11) is 3.10. The summed E-state index contributed by atoms with van der Waals surface area (Å²) >= 11 is 6.14. The maximum Gasteiger partial charge on any atom is 0.258 e. The molecule has 1 atom stereocenters. The Labute approximate surface area is 152 Å². The highest BCUT2D eigenvalue weighted by atomic mass is 35.5. The van der Waals surface area contributed by atoms with Crippen molar-refractivity contribution >= 4 is 17.5 Å². The smallest absolute Gasteiger partial charge is 0.258 e. The van der Waals surface area contributed by atoms with Crippen molar-refractivity contribution in [1.82, 2.24) is 10.2 Å². The molecule has 1 saturated heterocycles. The fourth-order valence-electron chi connectivity index (χ4n) is 3.17. The number of hydrogen-bond donors (Lipinski definition) is 1. The van der Waals surface area contributed by atoms with Gasteiger partial charge in [-0.1, -0.05) is 29.8 Å². The van der Waals surface area contributed by atoms with E-state index in [-0.39, 0.29) is 11.9 Å². The predicted octanol–water partition coefficient (Wildman–Crippen LogP) is 3.14. The predicted molar refractivity (Wildman–Crippen MR) is 97.6 cm³/mol. The first kappa shape index (κ1) is 17.6. The summed E-state index contributed by atoms with van der Waals surface area (Å²) in [4.78, 5) is 15.1. The van der Waals surface area contributed by atoms with Gasteiger partial charge < -0.3 is 19.7 Å².